The topological polar surface area (TPSA) is 50.2 Å². The molecule has 0 aliphatic carbocycles. The van der Waals surface area contributed by atoms with Crippen LogP contribution in [0.2, 0.25) is 0 Å². The minimum Gasteiger partial charge on any atom is -0.512 e. The average Bonchev–Trinajstić information content (AvgIpc) is 2.81. The van der Waals surface area contributed by atoms with E-state index >= 15 is 0 Å². The molecule has 0 bridgehead atoms. The van der Waals surface area contributed by atoms with Crippen LogP contribution in [0.3, 0.4) is 0 Å². The molecule has 7 heteroatoms. The summed E-state index contributed by atoms with van der Waals surface area (Å²) in [5.74, 6) is 0.104. The largest absolute Gasteiger partial charge is 0.512 e. The maximum Gasteiger partial charge on any atom is 0.416 e. The van der Waals surface area contributed by atoms with E-state index in [1.54, 1.807) is 12.3 Å². The molecule has 3 nitrogen and oxygen atoms in total. The van der Waals surface area contributed by atoms with E-state index in [1.807, 2.05) is 79.7 Å². The quantitative estimate of drug-likeness (QED) is 0.0970. The molecule has 0 spiro atoms. The van der Waals surface area contributed by atoms with Crippen molar-refractivity contribution in [2.24, 2.45) is 10.8 Å². The van der Waals surface area contributed by atoms with Crippen molar-refractivity contribution in [1.29, 1.82) is 0 Å². The number of pyridine rings is 1. The van der Waals surface area contributed by atoms with Crippen LogP contribution in [0.25, 0.3) is 32.8 Å². The average molecular weight is 727 g/mol. The van der Waals surface area contributed by atoms with Crippen molar-refractivity contribution in [3.8, 4) is 11.3 Å². The van der Waals surface area contributed by atoms with Crippen LogP contribution in [0.4, 0.5) is 13.2 Å². The van der Waals surface area contributed by atoms with Gasteiger partial charge in [0, 0.05) is 43.2 Å². The molecule has 1 N–H and O–H groups in total. The molecule has 215 valence electrons. The van der Waals surface area contributed by atoms with Crippen LogP contribution in [0, 0.1) is 30.7 Å². The standard InChI is InChI=1S/C22H15F3N.C11H20O2.Ir/c1-13-9-14(2)11-17(10-13)21-20-15(7-8-26-21)3-4-16-12-18(22(23,24)25)5-6-19(16)20;1-10(2,3)8(12)7-9(13)11(4,5)6;/h3-10,12H,1-2H3;7,12H,1-6H3;/q-1;;/b;8-7-;. The number of aromatic nitrogens is 1. The minimum absolute atomic E-state index is 0. The van der Waals surface area contributed by atoms with E-state index in [0.29, 0.717) is 5.39 Å². The van der Waals surface area contributed by atoms with Gasteiger partial charge in [0.1, 0.15) is 5.76 Å². The van der Waals surface area contributed by atoms with Gasteiger partial charge >= 0.3 is 6.18 Å². The number of aryl methyl sites for hydroxylation is 2. The predicted molar refractivity (Wildman–Crippen MR) is 153 cm³/mol. The Bertz CT molecular complexity index is 1540. The van der Waals surface area contributed by atoms with E-state index < -0.39 is 17.2 Å². The van der Waals surface area contributed by atoms with Gasteiger partial charge in [-0.2, -0.15) is 13.2 Å². The molecule has 1 heterocycles. The molecular formula is C33H35F3IrNO2-. The number of hydrogen-bond acceptors (Lipinski definition) is 3. The molecule has 4 rings (SSSR count). The number of alkyl halides is 3. The molecule has 1 aromatic heterocycles. The zero-order valence-corrected chi connectivity index (χ0v) is 26.4. The summed E-state index contributed by atoms with van der Waals surface area (Å²) in [6.45, 7) is 15.1. The Morgan fingerprint density at radius 3 is 2.05 bits per heavy atom. The van der Waals surface area contributed by atoms with Gasteiger partial charge in [0.25, 0.3) is 0 Å². The predicted octanol–water partition coefficient (Wildman–Crippen LogP) is 9.58. The number of ketones is 1. The van der Waals surface area contributed by atoms with E-state index in [0.717, 1.165) is 44.6 Å². The molecule has 0 aliphatic heterocycles. The van der Waals surface area contributed by atoms with Crippen LogP contribution >= 0.6 is 0 Å². The minimum atomic E-state index is -4.36. The van der Waals surface area contributed by atoms with Crippen LogP contribution in [-0.4, -0.2) is 15.9 Å². The molecule has 0 unspecified atom stereocenters. The smallest absolute Gasteiger partial charge is 0.416 e. The normalized spacial score (nSPS) is 12.5. The number of rotatable bonds is 2. The van der Waals surface area contributed by atoms with E-state index in [9.17, 15) is 23.1 Å². The number of halogens is 3. The first-order valence-electron chi connectivity index (χ1n) is 12.7. The maximum absolute atomic E-state index is 13.0. The van der Waals surface area contributed by atoms with Crippen LogP contribution in [0.1, 0.15) is 58.2 Å². The fourth-order valence-corrected chi connectivity index (χ4v) is 3.97. The molecule has 0 atom stereocenters. The van der Waals surface area contributed by atoms with Crippen molar-refractivity contribution >= 4 is 27.3 Å². The second-order valence-electron chi connectivity index (χ2n) is 11.9. The van der Waals surface area contributed by atoms with Crippen molar-refractivity contribution in [1.82, 2.24) is 4.98 Å². The molecule has 40 heavy (non-hydrogen) atoms. The van der Waals surface area contributed by atoms with Crippen LogP contribution in [0.15, 0.2) is 66.6 Å². The summed E-state index contributed by atoms with van der Waals surface area (Å²) in [7, 11) is 0. The number of nitrogens with zero attached hydrogens (tertiary/aromatic N) is 1. The van der Waals surface area contributed by atoms with Crippen molar-refractivity contribution in [3.63, 3.8) is 0 Å². The number of fused-ring (bicyclic) bond motifs is 3. The summed E-state index contributed by atoms with van der Waals surface area (Å²) >= 11 is 0. The van der Waals surface area contributed by atoms with Crippen LogP contribution < -0.4 is 0 Å². The zero-order valence-electron chi connectivity index (χ0n) is 24.0. The Morgan fingerprint density at radius 1 is 0.875 bits per heavy atom. The second-order valence-corrected chi connectivity index (χ2v) is 11.9. The van der Waals surface area contributed by atoms with Gasteiger partial charge in [0.2, 0.25) is 0 Å². The van der Waals surface area contributed by atoms with Gasteiger partial charge in [-0.15, -0.1) is 34.9 Å². The van der Waals surface area contributed by atoms with E-state index in [-0.39, 0.29) is 37.1 Å². The number of allylic oxidation sites excluding steroid dienone is 2. The van der Waals surface area contributed by atoms with Gasteiger partial charge in [0.05, 0.1) is 5.56 Å². The first-order valence-corrected chi connectivity index (χ1v) is 12.7. The number of carbonyl (C=O) groups is 1. The number of carbonyl (C=O) groups excluding carboxylic acids is 1. The summed E-state index contributed by atoms with van der Waals surface area (Å²) in [6.07, 6.45) is -1.30. The van der Waals surface area contributed by atoms with Crippen molar-refractivity contribution in [2.75, 3.05) is 0 Å². The summed E-state index contributed by atoms with van der Waals surface area (Å²) in [6, 6.07) is 16.6. The monoisotopic (exact) mass is 727 g/mol. The summed E-state index contributed by atoms with van der Waals surface area (Å²) < 4.78 is 39.1. The second kappa shape index (κ2) is 12.2. The van der Waals surface area contributed by atoms with Crippen LogP contribution in [0.5, 0.6) is 0 Å². The van der Waals surface area contributed by atoms with Gasteiger partial charge in [-0.1, -0.05) is 73.6 Å². The van der Waals surface area contributed by atoms with E-state index in [2.05, 4.69) is 11.1 Å². The molecule has 0 amide bonds. The molecule has 0 fully saturated rings. The first-order chi connectivity index (χ1) is 17.9. The first kappa shape index (κ1) is 33.2. The third-order valence-corrected chi connectivity index (χ3v) is 6.25. The fourth-order valence-electron chi connectivity index (χ4n) is 3.97. The molecule has 4 aromatic rings. The Labute approximate surface area is 247 Å². The van der Waals surface area contributed by atoms with Crippen molar-refractivity contribution in [3.05, 3.63) is 89.3 Å². The number of benzene rings is 3. The number of hydrogen-bond donors (Lipinski definition) is 1. The summed E-state index contributed by atoms with van der Waals surface area (Å²) in [5.41, 5.74) is 2.26. The van der Waals surface area contributed by atoms with Gasteiger partial charge in [-0.25, -0.2) is 0 Å². The maximum atomic E-state index is 13.0. The molecular weight excluding hydrogens is 692 g/mol. The zero-order chi connectivity index (χ0) is 29.3. The molecule has 0 saturated carbocycles. The third-order valence-electron chi connectivity index (χ3n) is 6.25. The Morgan fingerprint density at radius 2 is 1.50 bits per heavy atom. The molecule has 0 aliphatic rings. The van der Waals surface area contributed by atoms with Crippen molar-refractivity contribution in [2.45, 2.75) is 61.6 Å². The van der Waals surface area contributed by atoms with Crippen molar-refractivity contribution < 1.29 is 43.2 Å². The third kappa shape index (κ3) is 8.02. The number of aliphatic hydroxyl groups excluding tert-OH is 1. The fraction of sp³-hybridized carbons (Fsp3) is 0.333. The van der Waals surface area contributed by atoms with Gasteiger partial charge < -0.3 is 10.1 Å². The molecule has 1 radical (unpaired) electrons. The Hall–Kier alpha value is -3.02. The number of aliphatic hydroxyl groups is 1. The molecule has 0 saturated heterocycles. The van der Waals surface area contributed by atoms with E-state index in [1.165, 1.54) is 18.2 Å². The Balaban J connectivity index is 0.000000344. The van der Waals surface area contributed by atoms with Gasteiger partial charge in [-0.3, -0.25) is 4.79 Å². The van der Waals surface area contributed by atoms with Gasteiger partial charge in [-0.05, 0) is 45.4 Å². The SMILES string of the molecule is CC(C)(C)C(=O)/C=C(\O)C(C)(C)C.Cc1[c-]c(-c2nccc3ccc4cc(C(F)(F)F)ccc4c23)cc(C)c1.[Ir]. The Kier molecular flexibility index (Phi) is 10.2. The molecule has 3 aromatic carbocycles. The van der Waals surface area contributed by atoms with E-state index in [4.69, 9.17) is 0 Å². The summed E-state index contributed by atoms with van der Waals surface area (Å²) in [4.78, 5) is 16.0. The summed E-state index contributed by atoms with van der Waals surface area (Å²) in [5, 5.41) is 12.6. The van der Waals surface area contributed by atoms with Crippen LogP contribution in [-0.2, 0) is 31.1 Å². The van der Waals surface area contributed by atoms with Gasteiger partial charge in [0.15, 0.2) is 5.78 Å².